The minimum absolute atomic E-state index is 0.237. The Morgan fingerprint density at radius 3 is 2.72 bits per heavy atom. The highest BCUT2D eigenvalue weighted by molar-refractivity contribution is 5.81. The van der Waals surface area contributed by atoms with Crippen LogP contribution >= 0.6 is 0 Å². The van der Waals surface area contributed by atoms with Gasteiger partial charge in [0.1, 0.15) is 0 Å². The number of rotatable bonds is 12. The number of esters is 1. The zero-order valence-electron chi connectivity index (χ0n) is 17.5. The van der Waals surface area contributed by atoms with Gasteiger partial charge in [-0.15, -0.1) is 0 Å². The number of aromatic nitrogens is 1. The van der Waals surface area contributed by atoms with Crippen LogP contribution in [0.15, 0.2) is 36.4 Å². The predicted octanol–water partition coefficient (Wildman–Crippen LogP) is 4.44. The van der Waals surface area contributed by atoms with E-state index in [0.717, 1.165) is 35.0 Å². The van der Waals surface area contributed by atoms with Gasteiger partial charge >= 0.3 is 5.97 Å². The summed E-state index contributed by atoms with van der Waals surface area (Å²) in [5.41, 5.74) is 2.96. The van der Waals surface area contributed by atoms with E-state index in [0.29, 0.717) is 12.8 Å². The van der Waals surface area contributed by atoms with Gasteiger partial charge in [0.15, 0.2) is 0 Å². The van der Waals surface area contributed by atoms with Crippen LogP contribution in [0.5, 0.6) is 0 Å². The SMILES string of the molecule is CCCCCCc1nc2ccccc2cc1/C=C/[C@@H](O)[C@@H](O)CCCC(=O)OC. The molecule has 0 aliphatic carbocycles. The van der Waals surface area contributed by atoms with Crippen LogP contribution < -0.4 is 0 Å². The third kappa shape index (κ3) is 7.59. The predicted molar refractivity (Wildman–Crippen MR) is 117 cm³/mol. The summed E-state index contributed by atoms with van der Waals surface area (Å²) >= 11 is 0. The van der Waals surface area contributed by atoms with Crippen LogP contribution in [-0.4, -0.2) is 40.5 Å². The number of benzene rings is 1. The maximum absolute atomic E-state index is 11.2. The molecule has 0 saturated heterocycles. The van der Waals surface area contributed by atoms with Crippen LogP contribution in [0.2, 0.25) is 0 Å². The van der Waals surface area contributed by atoms with Crippen molar-refractivity contribution in [3.63, 3.8) is 0 Å². The van der Waals surface area contributed by atoms with Gasteiger partial charge in [-0.1, -0.05) is 56.5 Å². The summed E-state index contributed by atoms with van der Waals surface area (Å²) < 4.78 is 4.59. The quantitative estimate of drug-likeness (QED) is 0.407. The Morgan fingerprint density at radius 2 is 1.97 bits per heavy atom. The summed E-state index contributed by atoms with van der Waals surface area (Å²) in [6, 6.07) is 10.1. The summed E-state index contributed by atoms with van der Waals surface area (Å²) in [6.07, 6.45) is 8.15. The van der Waals surface area contributed by atoms with Crippen LogP contribution in [0, 0.1) is 0 Å². The smallest absolute Gasteiger partial charge is 0.305 e. The Kier molecular flexibility index (Phi) is 9.81. The van der Waals surface area contributed by atoms with E-state index in [1.54, 1.807) is 6.08 Å². The minimum atomic E-state index is -0.993. The van der Waals surface area contributed by atoms with Crippen LogP contribution in [-0.2, 0) is 16.0 Å². The number of unbranched alkanes of at least 4 members (excludes halogenated alkanes) is 3. The molecule has 5 heteroatoms. The molecule has 2 rings (SSSR count). The van der Waals surface area contributed by atoms with E-state index in [1.165, 1.54) is 26.4 Å². The molecule has 2 N–H and O–H groups in total. The second-order valence-corrected chi connectivity index (χ2v) is 7.41. The van der Waals surface area contributed by atoms with Gasteiger partial charge in [-0.25, -0.2) is 0 Å². The summed E-state index contributed by atoms with van der Waals surface area (Å²) in [5.74, 6) is -0.308. The lowest BCUT2D eigenvalue weighted by Crippen LogP contribution is -2.23. The molecular weight excluding hydrogens is 366 g/mol. The molecule has 1 aromatic heterocycles. The molecule has 5 nitrogen and oxygen atoms in total. The number of aliphatic hydroxyl groups is 2. The highest BCUT2D eigenvalue weighted by Crippen LogP contribution is 2.21. The fourth-order valence-corrected chi connectivity index (χ4v) is 3.29. The topological polar surface area (TPSA) is 79.7 Å². The molecule has 0 saturated carbocycles. The number of fused-ring (bicyclic) bond motifs is 1. The fourth-order valence-electron chi connectivity index (χ4n) is 3.29. The third-order valence-corrected chi connectivity index (χ3v) is 5.08. The molecule has 0 fully saturated rings. The van der Waals surface area contributed by atoms with Crippen molar-refractivity contribution >= 4 is 22.9 Å². The van der Waals surface area contributed by atoms with Gasteiger partial charge in [-0.3, -0.25) is 9.78 Å². The number of carbonyl (C=O) groups is 1. The number of methoxy groups -OCH3 is 1. The second-order valence-electron chi connectivity index (χ2n) is 7.41. The largest absolute Gasteiger partial charge is 0.469 e. The summed E-state index contributed by atoms with van der Waals surface area (Å²) in [6.45, 7) is 2.19. The van der Waals surface area contributed by atoms with E-state index < -0.39 is 12.2 Å². The zero-order valence-corrected chi connectivity index (χ0v) is 17.5. The molecule has 158 valence electrons. The molecule has 0 aliphatic rings. The van der Waals surface area contributed by atoms with E-state index in [2.05, 4.69) is 17.7 Å². The number of para-hydroxylation sites is 1. The number of aliphatic hydroxyl groups excluding tert-OH is 2. The highest BCUT2D eigenvalue weighted by Gasteiger charge is 2.14. The fraction of sp³-hybridized carbons (Fsp3) is 0.500. The molecule has 0 aliphatic heterocycles. The first-order valence-corrected chi connectivity index (χ1v) is 10.5. The Labute approximate surface area is 173 Å². The molecule has 0 amide bonds. The lowest BCUT2D eigenvalue weighted by atomic mass is 10.0. The Hall–Kier alpha value is -2.24. The van der Waals surface area contributed by atoms with Crippen molar-refractivity contribution in [1.82, 2.24) is 4.98 Å². The Morgan fingerprint density at radius 1 is 1.17 bits per heavy atom. The number of hydrogen-bond acceptors (Lipinski definition) is 5. The van der Waals surface area contributed by atoms with E-state index in [-0.39, 0.29) is 12.4 Å². The Bertz CT molecular complexity index is 803. The molecule has 29 heavy (non-hydrogen) atoms. The summed E-state index contributed by atoms with van der Waals surface area (Å²) in [5, 5.41) is 21.5. The average Bonchev–Trinajstić information content (AvgIpc) is 2.74. The van der Waals surface area contributed by atoms with Crippen LogP contribution in [0.3, 0.4) is 0 Å². The number of aryl methyl sites for hydroxylation is 1. The van der Waals surface area contributed by atoms with Crippen molar-refractivity contribution in [3.8, 4) is 0 Å². The van der Waals surface area contributed by atoms with Gasteiger partial charge in [0.05, 0.1) is 24.8 Å². The first-order valence-electron chi connectivity index (χ1n) is 10.5. The maximum Gasteiger partial charge on any atom is 0.305 e. The summed E-state index contributed by atoms with van der Waals surface area (Å²) in [4.78, 5) is 16.0. The number of nitrogens with zero attached hydrogens (tertiary/aromatic N) is 1. The molecule has 2 aromatic rings. The van der Waals surface area contributed by atoms with E-state index in [9.17, 15) is 15.0 Å². The van der Waals surface area contributed by atoms with Crippen molar-refractivity contribution < 1.29 is 19.7 Å². The van der Waals surface area contributed by atoms with Gasteiger partial charge in [0.25, 0.3) is 0 Å². The molecule has 1 aromatic carbocycles. The molecule has 0 bridgehead atoms. The molecule has 0 unspecified atom stereocenters. The minimum Gasteiger partial charge on any atom is -0.469 e. The van der Waals surface area contributed by atoms with Gasteiger partial charge in [-0.05, 0) is 43.4 Å². The van der Waals surface area contributed by atoms with Crippen molar-refractivity contribution in [2.45, 2.75) is 70.5 Å². The van der Waals surface area contributed by atoms with Gasteiger partial charge < -0.3 is 14.9 Å². The lowest BCUT2D eigenvalue weighted by Gasteiger charge is -2.14. The van der Waals surface area contributed by atoms with Crippen molar-refractivity contribution in [2.24, 2.45) is 0 Å². The van der Waals surface area contributed by atoms with E-state index in [4.69, 9.17) is 4.98 Å². The van der Waals surface area contributed by atoms with Crippen molar-refractivity contribution in [3.05, 3.63) is 47.7 Å². The molecule has 2 atom stereocenters. The first kappa shape index (κ1) is 23.0. The molecule has 1 heterocycles. The van der Waals surface area contributed by atoms with Crippen molar-refractivity contribution in [2.75, 3.05) is 7.11 Å². The normalized spacial score (nSPS) is 13.7. The number of ether oxygens (including phenoxy) is 1. The number of carbonyl (C=O) groups excluding carboxylic acids is 1. The third-order valence-electron chi connectivity index (χ3n) is 5.08. The lowest BCUT2D eigenvalue weighted by molar-refractivity contribution is -0.140. The highest BCUT2D eigenvalue weighted by atomic mass is 16.5. The number of pyridine rings is 1. The molecular formula is C24H33NO4. The number of hydrogen-bond donors (Lipinski definition) is 2. The first-order chi connectivity index (χ1) is 14.0. The average molecular weight is 400 g/mol. The van der Waals surface area contributed by atoms with Crippen LogP contribution in [0.4, 0.5) is 0 Å². The van der Waals surface area contributed by atoms with Crippen molar-refractivity contribution in [1.29, 1.82) is 0 Å². The van der Waals surface area contributed by atoms with Gasteiger partial charge in [0.2, 0.25) is 0 Å². The maximum atomic E-state index is 11.2. The molecule has 0 radical (unpaired) electrons. The summed E-state index contributed by atoms with van der Waals surface area (Å²) in [7, 11) is 1.34. The standard InChI is InChI=1S/C24H33NO4/c1-3-4-5-6-11-21-19(17-18-10-7-8-12-20(18)25-21)15-16-23(27)22(26)13-9-14-24(28)29-2/h7-8,10,12,15-17,22-23,26-27H,3-6,9,11,13-14H2,1-2H3/b16-15+/t22-,23+/m0/s1. The van der Waals surface area contributed by atoms with E-state index in [1.807, 2.05) is 30.3 Å². The Balaban J connectivity index is 2.07. The van der Waals surface area contributed by atoms with Gasteiger partial charge in [0, 0.05) is 17.5 Å². The monoisotopic (exact) mass is 399 g/mol. The van der Waals surface area contributed by atoms with Gasteiger partial charge in [-0.2, -0.15) is 0 Å². The van der Waals surface area contributed by atoms with Crippen LogP contribution in [0.1, 0.15) is 63.1 Å². The second kappa shape index (κ2) is 12.3. The van der Waals surface area contributed by atoms with Crippen LogP contribution in [0.25, 0.3) is 17.0 Å². The van der Waals surface area contributed by atoms with E-state index >= 15 is 0 Å². The molecule has 0 spiro atoms. The zero-order chi connectivity index (χ0) is 21.1.